The number of benzene rings is 1. The molecule has 0 atom stereocenters. The van der Waals surface area contributed by atoms with E-state index in [1.165, 1.54) is 16.7 Å². The standard InChI is InChI=1S/C14H10BrF2NO/c15-8-6-10(16)14(11(17)7-8)18-5-4-9-12(18)2-1-3-13(9)19/h4-7H,1-3H2. The Morgan fingerprint density at radius 3 is 2.53 bits per heavy atom. The lowest BCUT2D eigenvalue weighted by Gasteiger charge is -2.16. The Morgan fingerprint density at radius 2 is 1.84 bits per heavy atom. The smallest absolute Gasteiger partial charge is 0.164 e. The summed E-state index contributed by atoms with van der Waals surface area (Å²) in [5.41, 5.74) is 1.14. The quantitative estimate of drug-likeness (QED) is 0.775. The van der Waals surface area contributed by atoms with Gasteiger partial charge in [-0.2, -0.15) is 0 Å². The van der Waals surface area contributed by atoms with E-state index in [0.717, 1.165) is 6.42 Å². The van der Waals surface area contributed by atoms with Crippen molar-refractivity contribution in [3.8, 4) is 5.69 Å². The topological polar surface area (TPSA) is 22.0 Å². The Bertz CT molecular complexity index is 655. The lowest BCUT2D eigenvalue weighted by molar-refractivity contribution is 0.0972. The summed E-state index contributed by atoms with van der Waals surface area (Å²) in [6.45, 7) is 0. The van der Waals surface area contributed by atoms with Gasteiger partial charge in [0, 0.05) is 28.3 Å². The number of carbonyl (C=O) groups is 1. The number of hydrogen-bond donors (Lipinski definition) is 0. The van der Waals surface area contributed by atoms with Gasteiger partial charge in [0.2, 0.25) is 0 Å². The number of aromatic nitrogens is 1. The minimum Gasteiger partial charge on any atom is -0.315 e. The normalized spacial score (nSPS) is 14.6. The second-order valence-corrected chi connectivity index (χ2v) is 5.46. The summed E-state index contributed by atoms with van der Waals surface area (Å²) >= 11 is 3.05. The van der Waals surface area contributed by atoms with Crippen molar-refractivity contribution < 1.29 is 13.6 Å². The molecule has 0 saturated carbocycles. The maximum Gasteiger partial charge on any atom is 0.164 e. The van der Waals surface area contributed by atoms with Crippen molar-refractivity contribution in [1.29, 1.82) is 0 Å². The third kappa shape index (κ3) is 2.02. The van der Waals surface area contributed by atoms with Gasteiger partial charge in [-0.15, -0.1) is 0 Å². The molecule has 98 valence electrons. The van der Waals surface area contributed by atoms with Gasteiger partial charge in [-0.3, -0.25) is 4.79 Å². The largest absolute Gasteiger partial charge is 0.315 e. The molecule has 0 amide bonds. The number of hydrogen-bond acceptors (Lipinski definition) is 1. The van der Waals surface area contributed by atoms with Gasteiger partial charge >= 0.3 is 0 Å². The van der Waals surface area contributed by atoms with Crippen LogP contribution in [0.4, 0.5) is 8.78 Å². The van der Waals surface area contributed by atoms with Crippen LogP contribution in [0.5, 0.6) is 0 Å². The van der Waals surface area contributed by atoms with Crippen LogP contribution >= 0.6 is 15.9 Å². The highest BCUT2D eigenvalue weighted by atomic mass is 79.9. The van der Waals surface area contributed by atoms with Crippen LogP contribution in [0.1, 0.15) is 28.9 Å². The fourth-order valence-electron chi connectivity index (χ4n) is 2.50. The number of halogens is 3. The maximum absolute atomic E-state index is 14.0. The van der Waals surface area contributed by atoms with Crippen LogP contribution in [0.3, 0.4) is 0 Å². The highest BCUT2D eigenvalue weighted by Crippen LogP contribution is 2.29. The zero-order chi connectivity index (χ0) is 13.6. The predicted molar refractivity (Wildman–Crippen MR) is 70.7 cm³/mol. The molecule has 0 fully saturated rings. The van der Waals surface area contributed by atoms with Gasteiger partial charge in [-0.05, 0) is 31.0 Å². The van der Waals surface area contributed by atoms with Gasteiger partial charge in [-0.25, -0.2) is 8.78 Å². The molecule has 1 aliphatic carbocycles. The molecule has 5 heteroatoms. The molecule has 2 aromatic rings. The summed E-state index contributed by atoms with van der Waals surface area (Å²) in [6.07, 6.45) is 3.43. The molecule has 0 bridgehead atoms. The van der Waals surface area contributed by atoms with E-state index in [-0.39, 0.29) is 11.5 Å². The van der Waals surface area contributed by atoms with E-state index in [1.54, 1.807) is 12.3 Å². The van der Waals surface area contributed by atoms with Crippen LogP contribution in [0, 0.1) is 11.6 Å². The molecular formula is C14H10BrF2NO. The molecule has 1 aromatic heterocycles. The van der Waals surface area contributed by atoms with Crippen molar-refractivity contribution in [2.75, 3.05) is 0 Å². The average Bonchev–Trinajstić information content (AvgIpc) is 2.73. The van der Waals surface area contributed by atoms with Gasteiger partial charge in [0.05, 0.1) is 0 Å². The van der Waals surface area contributed by atoms with Crippen molar-refractivity contribution in [3.05, 3.63) is 51.8 Å². The van der Waals surface area contributed by atoms with Gasteiger partial charge < -0.3 is 4.57 Å². The van der Waals surface area contributed by atoms with Crippen molar-refractivity contribution in [1.82, 2.24) is 4.57 Å². The second kappa shape index (κ2) is 4.56. The van der Waals surface area contributed by atoms with E-state index >= 15 is 0 Å². The van der Waals surface area contributed by atoms with Gasteiger partial charge in [-0.1, -0.05) is 15.9 Å². The van der Waals surface area contributed by atoms with Crippen LogP contribution in [0.2, 0.25) is 0 Å². The van der Waals surface area contributed by atoms with Crippen molar-refractivity contribution in [2.24, 2.45) is 0 Å². The van der Waals surface area contributed by atoms with Crippen molar-refractivity contribution in [2.45, 2.75) is 19.3 Å². The summed E-state index contributed by atoms with van der Waals surface area (Å²) in [6, 6.07) is 4.07. The van der Waals surface area contributed by atoms with Gasteiger partial charge in [0.1, 0.15) is 5.69 Å². The molecule has 19 heavy (non-hydrogen) atoms. The molecular weight excluding hydrogens is 316 g/mol. The predicted octanol–water partition coefficient (Wildman–Crippen LogP) is 4.04. The Kier molecular flexibility index (Phi) is 3.01. The minimum absolute atomic E-state index is 0.0397. The van der Waals surface area contributed by atoms with Crippen LogP contribution in [-0.4, -0.2) is 10.4 Å². The first kappa shape index (κ1) is 12.5. The molecule has 0 unspecified atom stereocenters. The third-order valence-electron chi connectivity index (χ3n) is 3.33. The Hall–Kier alpha value is -1.49. The summed E-state index contributed by atoms with van der Waals surface area (Å²) in [4.78, 5) is 11.7. The average molecular weight is 326 g/mol. The molecule has 0 N–H and O–H groups in total. The van der Waals surface area contributed by atoms with E-state index < -0.39 is 11.6 Å². The van der Waals surface area contributed by atoms with Crippen LogP contribution in [0.25, 0.3) is 5.69 Å². The number of Topliss-reactive ketones (excluding diaryl/α,β-unsaturated/α-hetero) is 1. The Balaban J connectivity index is 2.21. The first-order valence-corrected chi connectivity index (χ1v) is 6.75. The van der Waals surface area contributed by atoms with Crippen LogP contribution in [-0.2, 0) is 6.42 Å². The number of nitrogens with zero attached hydrogens (tertiary/aromatic N) is 1. The van der Waals surface area contributed by atoms with Crippen molar-refractivity contribution >= 4 is 21.7 Å². The van der Waals surface area contributed by atoms with Crippen LogP contribution in [0.15, 0.2) is 28.9 Å². The molecule has 0 spiro atoms. The molecule has 1 heterocycles. The van der Waals surface area contributed by atoms with E-state index in [4.69, 9.17) is 0 Å². The number of fused-ring (bicyclic) bond motifs is 1. The number of carbonyl (C=O) groups excluding carboxylic acids is 1. The molecule has 0 radical (unpaired) electrons. The molecule has 0 saturated heterocycles. The van der Waals surface area contributed by atoms with E-state index in [9.17, 15) is 13.6 Å². The number of ketones is 1. The molecule has 1 aromatic carbocycles. The lowest BCUT2D eigenvalue weighted by atomic mass is 9.97. The SMILES string of the molecule is O=C1CCCc2c1ccn2-c1c(F)cc(Br)cc1F. The summed E-state index contributed by atoms with van der Waals surface area (Å²) in [5.74, 6) is -1.26. The molecule has 2 nitrogen and oxygen atoms in total. The second-order valence-electron chi connectivity index (χ2n) is 4.54. The molecule has 1 aliphatic rings. The zero-order valence-corrected chi connectivity index (χ0v) is 11.5. The minimum atomic E-state index is -0.650. The van der Waals surface area contributed by atoms with E-state index in [0.29, 0.717) is 28.6 Å². The summed E-state index contributed by atoms with van der Waals surface area (Å²) < 4.78 is 29.7. The number of rotatable bonds is 1. The highest BCUT2D eigenvalue weighted by molar-refractivity contribution is 9.10. The van der Waals surface area contributed by atoms with E-state index in [2.05, 4.69) is 15.9 Å². The van der Waals surface area contributed by atoms with Crippen molar-refractivity contribution in [3.63, 3.8) is 0 Å². The zero-order valence-electron chi connectivity index (χ0n) is 9.92. The Morgan fingerprint density at radius 1 is 1.16 bits per heavy atom. The fraction of sp³-hybridized carbons (Fsp3) is 0.214. The molecule has 3 rings (SSSR count). The van der Waals surface area contributed by atoms with Gasteiger partial charge in [0.15, 0.2) is 17.4 Å². The third-order valence-corrected chi connectivity index (χ3v) is 3.79. The highest BCUT2D eigenvalue weighted by Gasteiger charge is 2.23. The first-order valence-electron chi connectivity index (χ1n) is 5.96. The van der Waals surface area contributed by atoms with Gasteiger partial charge in [0.25, 0.3) is 0 Å². The molecule has 0 aliphatic heterocycles. The van der Waals surface area contributed by atoms with Crippen LogP contribution < -0.4 is 0 Å². The summed E-state index contributed by atoms with van der Waals surface area (Å²) in [5, 5.41) is 0. The maximum atomic E-state index is 14.0. The Labute approximate surface area is 117 Å². The monoisotopic (exact) mass is 325 g/mol. The first-order chi connectivity index (χ1) is 9.08. The summed E-state index contributed by atoms with van der Waals surface area (Å²) in [7, 11) is 0. The lowest BCUT2D eigenvalue weighted by Crippen LogP contribution is -2.13. The fourth-order valence-corrected chi connectivity index (χ4v) is 2.90. The van der Waals surface area contributed by atoms with E-state index in [1.807, 2.05) is 0 Å².